The van der Waals surface area contributed by atoms with Crippen molar-refractivity contribution < 1.29 is 4.79 Å². The number of hydrogen-bond donors (Lipinski definition) is 1. The highest BCUT2D eigenvalue weighted by Crippen LogP contribution is 2.24. The summed E-state index contributed by atoms with van der Waals surface area (Å²) in [5.74, 6) is 1.26. The van der Waals surface area contributed by atoms with Gasteiger partial charge in [-0.3, -0.25) is 9.69 Å². The van der Waals surface area contributed by atoms with E-state index >= 15 is 0 Å². The molecule has 18 heavy (non-hydrogen) atoms. The molecule has 0 aromatic heterocycles. The molecule has 0 aromatic rings. The maximum atomic E-state index is 11.6. The van der Waals surface area contributed by atoms with Crippen LogP contribution >= 0.6 is 12.4 Å². The first kappa shape index (κ1) is 14.1. The molecule has 1 unspecified atom stereocenters. The van der Waals surface area contributed by atoms with E-state index in [4.69, 9.17) is 0 Å². The molecule has 0 aliphatic carbocycles. The summed E-state index contributed by atoms with van der Waals surface area (Å²) in [6.07, 6.45) is 4.51. The Labute approximate surface area is 115 Å². The second-order valence-corrected chi connectivity index (χ2v) is 5.73. The van der Waals surface area contributed by atoms with E-state index in [1.54, 1.807) is 0 Å². The van der Waals surface area contributed by atoms with Crippen LogP contribution in [0.25, 0.3) is 0 Å². The molecular weight excluding hydrogens is 250 g/mol. The van der Waals surface area contributed by atoms with E-state index in [1.165, 1.54) is 32.5 Å². The second kappa shape index (κ2) is 6.22. The molecular formula is C13H24ClN3O. The van der Waals surface area contributed by atoms with E-state index in [2.05, 4.69) is 15.1 Å². The minimum atomic E-state index is 0. The monoisotopic (exact) mass is 273 g/mol. The van der Waals surface area contributed by atoms with Crippen LogP contribution in [0, 0.1) is 5.92 Å². The molecule has 3 heterocycles. The summed E-state index contributed by atoms with van der Waals surface area (Å²) in [7, 11) is 0. The lowest BCUT2D eigenvalue weighted by molar-refractivity contribution is -0.130. The fourth-order valence-electron chi connectivity index (χ4n) is 3.52. The summed E-state index contributed by atoms with van der Waals surface area (Å²) in [5, 5.41) is 3.42. The van der Waals surface area contributed by atoms with Crippen LogP contribution < -0.4 is 5.32 Å². The number of fused-ring (bicyclic) bond motifs is 1. The number of nitrogens with zero attached hydrogens (tertiary/aromatic N) is 2. The van der Waals surface area contributed by atoms with Crippen LogP contribution in [-0.2, 0) is 4.79 Å². The highest BCUT2D eigenvalue weighted by atomic mass is 35.5. The van der Waals surface area contributed by atoms with Gasteiger partial charge in [-0.2, -0.15) is 0 Å². The van der Waals surface area contributed by atoms with Gasteiger partial charge < -0.3 is 10.2 Å². The van der Waals surface area contributed by atoms with Crippen LogP contribution in [0.4, 0.5) is 0 Å². The SMILES string of the molecule is Cl.O=C1CCC2CN(CC3CCNCC3)CCN12. The van der Waals surface area contributed by atoms with Crippen LogP contribution in [-0.4, -0.2) is 61.0 Å². The van der Waals surface area contributed by atoms with E-state index in [-0.39, 0.29) is 12.4 Å². The third kappa shape index (κ3) is 2.98. The predicted molar refractivity (Wildman–Crippen MR) is 74.0 cm³/mol. The van der Waals surface area contributed by atoms with Crippen molar-refractivity contribution in [1.82, 2.24) is 15.1 Å². The van der Waals surface area contributed by atoms with E-state index in [0.29, 0.717) is 11.9 Å². The van der Waals surface area contributed by atoms with Crippen molar-refractivity contribution in [1.29, 1.82) is 0 Å². The summed E-state index contributed by atoms with van der Waals surface area (Å²) in [5.41, 5.74) is 0. The van der Waals surface area contributed by atoms with Gasteiger partial charge in [-0.15, -0.1) is 12.4 Å². The first-order valence-corrected chi connectivity index (χ1v) is 7.05. The van der Waals surface area contributed by atoms with Crippen molar-refractivity contribution in [2.45, 2.75) is 31.7 Å². The van der Waals surface area contributed by atoms with Gasteiger partial charge in [0.25, 0.3) is 0 Å². The van der Waals surface area contributed by atoms with Gasteiger partial charge in [0.2, 0.25) is 5.91 Å². The van der Waals surface area contributed by atoms with Gasteiger partial charge in [-0.25, -0.2) is 0 Å². The van der Waals surface area contributed by atoms with Gasteiger partial charge >= 0.3 is 0 Å². The lowest BCUT2D eigenvalue weighted by atomic mass is 9.97. The summed E-state index contributed by atoms with van der Waals surface area (Å²) < 4.78 is 0. The van der Waals surface area contributed by atoms with E-state index in [9.17, 15) is 4.79 Å². The average Bonchev–Trinajstić information content (AvgIpc) is 2.72. The Morgan fingerprint density at radius 1 is 1.17 bits per heavy atom. The zero-order valence-electron chi connectivity index (χ0n) is 10.9. The van der Waals surface area contributed by atoms with E-state index in [0.717, 1.165) is 38.4 Å². The van der Waals surface area contributed by atoms with Gasteiger partial charge in [0.05, 0.1) is 0 Å². The van der Waals surface area contributed by atoms with Crippen molar-refractivity contribution in [2.75, 3.05) is 39.3 Å². The number of carbonyl (C=O) groups is 1. The second-order valence-electron chi connectivity index (χ2n) is 5.73. The van der Waals surface area contributed by atoms with Crippen LogP contribution in [0.1, 0.15) is 25.7 Å². The zero-order chi connectivity index (χ0) is 11.7. The van der Waals surface area contributed by atoms with Crippen LogP contribution in [0.15, 0.2) is 0 Å². The Bertz CT molecular complexity index is 294. The number of piperazine rings is 1. The van der Waals surface area contributed by atoms with Crippen LogP contribution in [0.2, 0.25) is 0 Å². The standard InChI is InChI=1S/C13H23N3O.ClH/c17-13-2-1-12-10-15(7-8-16(12)13)9-11-3-5-14-6-4-11;/h11-12,14H,1-10H2;1H. The molecule has 0 radical (unpaired) electrons. The van der Waals surface area contributed by atoms with Gasteiger partial charge in [0, 0.05) is 38.6 Å². The average molecular weight is 274 g/mol. The third-order valence-electron chi connectivity index (χ3n) is 4.55. The maximum absolute atomic E-state index is 11.6. The molecule has 3 fully saturated rings. The first-order valence-electron chi connectivity index (χ1n) is 7.05. The van der Waals surface area contributed by atoms with E-state index in [1.807, 2.05) is 0 Å². The summed E-state index contributed by atoms with van der Waals surface area (Å²) in [6, 6.07) is 0.526. The van der Waals surface area contributed by atoms with Crippen LogP contribution in [0.3, 0.4) is 0 Å². The molecule has 0 saturated carbocycles. The number of halogens is 1. The predicted octanol–water partition coefficient (Wildman–Crippen LogP) is 0.714. The summed E-state index contributed by atoms with van der Waals surface area (Å²) >= 11 is 0. The van der Waals surface area contributed by atoms with E-state index < -0.39 is 0 Å². The first-order chi connectivity index (χ1) is 8.33. The lowest BCUT2D eigenvalue weighted by Gasteiger charge is -2.39. The van der Waals surface area contributed by atoms with Gasteiger partial charge in [-0.05, 0) is 38.3 Å². The normalized spacial score (nSPS) is 30.1. The summed E-state index contributed by atoms with van der Waals surface area (Å²) in [4.78, 5) is 16.3. The number of nitrogens with one attached hydrogen (secondary N) is 1. The largest absolute Gasteiger partial charge is 0.337 e. The molecule has 3 aliphatic heterocycles. The molecule has 0 aromatic carbocycles. The Morgan fingerprint density at radius 3 is 2.72 bits per heavy atom. The third-order valence-corrected chi connectivity index (χ3v) is 4.55. The molecule has 4 nitrogen and oxygen atoms in total. The minimum absolute atomic E-state index is 0. The Balaban J connectivity index is 0.00000120. The van der Waals surface area contributed by atoms with Crippen molar-refractivity contribution >= 4 is 18.3 Å². The van der Waals surface area contributed by atoms with Gasteiger partial charge in [-0.1, -0.05) is 0 Å². The highest BCUT2D eigenvalue weighted by molar-refractivity contribution is 5.85. The highest BCUT2D eigenvalue weighted by Gasteiger charge is 2.35. The molecule has 1 atom stereocenters. The topological polar surface area (TPSA) is 35.6 Å². The molecule has 104 valence electrons. The van der Waals surface area contributed by atoms with Gasteiger partial charge in [0.1, 0.15) is 0 Å². The Hall–Kier alpha value is -0.320. The number of carbonyl (C=O) groups excluding carboxylic acids is 1. The number of rotatable bonds is 2. The molecule has 1 amide bonds. The maximum Gasteiger partial charge on any atom is 0.222 e. The minimum Gasteiger partial charge on any atom is -0.337 e. The van der Waals surface area contributed by atoms with Crippen molar-refractivity contribution in [3.05, 3.63) is 0 Å². The fraction of sp³-hybridized carbons (Fsp3) is 0.923. The molecule has 5 heteroatoms. The molecule has 0 bridgehead atoms. The fourth-order valence-corrected chi connectivity index (χ4v) is 3.52. The number of piperidine rings is 1. The Morgan fingerprint density at radius 2 is 1.94 bits per heavy atom. The molecule has 3 aliphatic rings. The van der Waals surface area contributed by atoms with Crippen molar-refractivity contribution in [3.63, 3.8) is 0 Å². The lowest BCUT2D eigenvalue weighted by Crippen LogP contribution is -2.52. The molecule has 0 spiro atoms. The molecule has 1 N–H and O–H groups in total. The zero-order valence-corrected chi connectivity index (χ0v) is 11.8. The van der Waals surface area contributed by atoms with Crippen molar-refractivity contribution in [2.24, 2.45) is 5.92 Å². The number of hydrogen-bond acceptors (Lipinski definition) is 3. The molecule has 3 rings (SSSR count). The van der Waals surface area contributed by atoms with Crippen LogP contribution in [0.5, 0.6) is 0 Å². The Kier molecular flexibility index (Phi) is 4.87. The molecule has 3 saturated heterocycles. The smallest absolute Gasteiger partial charge is 0.222 e. The summed E-state index contributed by atoms with van der Waals surface area (Å²) in [6.45, 7) is 6.80. The quantitative estimate of drug-likeness (QED) is 0.805. The van der Waals surface area contributed by atoms with Gasteiger partial charge in [0.15, 0.2) is 0 Å². The number of amides is 1. The van der Waals surface area contributed by atoms with Crippen molar-refractivity contribution in [3.8, 4) is 0 Å².